The quantitative estimate of drug-likeness (QED) is 0.254. The maximum atomic E-state index is 15.1. The van der Waals surface area contributed by atoms with Crippen molar-refractivity contribution in [1.82, 2.24) is 19.9 Å². The number of carboxylic acid groups (broad SMARTS) is 1. The minimum Gasteiger partial charge on any atom is -0.465 e. The second kappa shape index (κ2) is 11.7. The van der Waals surface area contributed by atoms with E-state index in [-0.39, 0.29) is 25.1 Å². The monoisotopic (exact) mass is 526 g/mol. The van der Waals surface area contributed by atoms with E-state index in [2.05, 4.69) is 20.6 Å². The summed E-state index contributed by atoms with van der Waals surface area (Å²) in [4.78, 5) is 55.4. The van der Waals surface area contributed by atoms with Crippen molar-refractivity contribution in [3.63, 3.8) is 0 Å². The van der Waals surface area contributed by atoms with Gasteiger partial charge in [-0.1, -0.05) is 39.0 Å². The summed E-state index contributed by atoms with van der Waals surface area (Å²) in [7, 11) is 0. The van der Waals surface area contributed by atoms with E-state index in [4.69, 9.17) is 10.8 Å². The average molecular weight is 527 g/mol. The molecular formula is C26H31FN6O5. The summed E-state index contributed by atoms with van der Waals surface area (Å²) in [6, 6.07) is 6.98. The second-order valence-electron chi connectivity index (χ2n) is 9.88. The van der Waals surface area contributed by atoms with Gasteiger partial charge in [0, 0.05) is 11.8 Å². The van der Waals surface area contributed by atoms with Crippen molar-refractivity contribution in [3.8, 4) is 0 Å². The SMILES string of the molecule is CC(C)(C)C(F)c1cccc2[nH]c(Cn3cccc(NC(=O)C(CC/C=C/C(N)=O)NC(=O)O)c3=O)nc12. The lowest BCUT2D eigenvalue weighted by Gasteiger charge is -2.24. The lowest BCUT2D eigenvalue weighted by molar-refractivity contribution is -0.118. The number of nitrogens with two attached hydrogens (primary N) is 1. The zero-order chi connectivity index (χ0) is 28.0. The number of hydrogen-bond acceptors (Lipinski definition) is 5. The van der Waals surface area contributed by atoms with E-state index >= 15 is 4.39 Å². The minimum absolute atomic E-state index is 0.0256. The molecule has 3 amide bonds. The molecule has 0 aliphatic heterocycles. The van der Waals surface area contributed by atoms with E-state index in [1.54, 1.807) is 45.0 Å². The number of hydrogen-bond donors (Lipinski definition) is 5. The highest BCUT2D eigenvalue weighted by atomic mass is 19.1. The Morgan fingerprint density at radius 1 is 1.24 bits per heavy atom. The number of halogens is 1. The Balaban J connectivity index is 1.81. The van der Waals surface area contributed by atoms with Crippen LogP contribution in [-0.2, 0) is 16.1 Å². The molecule has 6 N–H and O–H groups in total. The Kier molecular flexibility index (Phi) is 8.66. The minimum atomic E-state index is -1.42. The third-order valence-corrected chi connectivity index (χ3v) is 5.74. The molecule has 0 radical (unpaired) electrons. The number of anilines is 1. The first kappa shape index (κ1) is 28.1. The summed E-state index contributed by atoms with van der Waals surface area (Å²) >= 11 is 0. The zero-order valence-corrected chi connectivity index (χ0v) is 21.3. The van der Waals surface area contributed by atoms with Gasteiger partial charge in [0.25, 0.3) is 5.56 Å². The van der Waals surface area contributed by atoms with Gasteiger partial charge in [-0.15, -0.1) is 0 Å². The number of para-hydroxylation sites is 1. The first-order chi connectivity index (χ1) is 17.9. The maximum Gasteiger partial charge on any atom is 0.405 e. The Bertz CT molecular complexity index is 1420. The fourth-order valence-electron chi connectivity index (χ4n) is 3.87. The average Bonchev–Trinajstić information content (AvgIpc) is 3.24. The van der Waals surface area contributed by atoms with E-state index in [1.165, 1.54) is 22.9 Å². The van der Waals surface area contributed by atoms with Gasteiger partial charge >= 0.3 is 6.09 Å². The molecule has 0 aliphatic rings. The second-order valence-corrected chi connectivity index (χ2v) is 9.88. The summed E-state index contributed by atoms with van der Waals surface area (Å²) < 4.78 is 16.4. The molecule has 1 aromatic carbocycles. The third-order valence-electron chi connectivity index (χ3n) is 5.74. The maximum absolute atomic E-state index is 15.1. The first-order valence-corrected chi connectivity index (χ1v) is 11.9. The molecule has 0 fully saturated rings. The molecule has 2 heterocycles. The normalized spacial score (nSPS) is 13.4. The number of pyridine rings is 1. The molecule has 2 unspecified atom stereocenters. The van der Waals surface area contributed by atoms with Gasteiger partial charge < -0.3 is 31.0 Å². The molecule has 38 heavy (non-hydrogen) atoms. The number of nitrogens with zero attached hydrogens (tertiary/aromatic N) is 2. The van der Waals surface area contributed by atoms with E-state index in [0.717, 1.165) is 6.08 Å². The molecule has 0 aliphatic carbocycles. The van der Waals surface area contributed by atoms with Gasteiger partial charge in [-0.2, -0.15) is 0 Å². The third kappa shape index (κ3) is 7.05. The Morgan fingerprint density at radius 3 is 2.63 bits per heavy atom. The summed E-state index contributed by atoms with van der Waals surface area (Å²) in [6.45, 7) is 5.44. The summed E-state index contributed by atoms with van der Waals surface area (Å²) in [6.07, 6.45) is 1.62. The Hall–Kier alpha value is -4.48. The molecule has 12 heteroatoms. The molecule has 0 saturated carbocycles. The van der Waals surface area contributed by atoms with Crippen molar-refractivity contribution in [2.24, 2.45) is 11.1 Å². The smallest absolute Gasteiger partial charge is 0.405 e. The van der Waals surface area contributed by atoms with E-state index in [0.29, 0.717) is 22.4 Å². The number of H-pyrrole nitrogens is 1. The number of aromatic amines is 1. The standard InChI is InChI=1S/C26H31FN6O5/c1-26(2,3)22(27)15-8-6-10-16-21(15)32-20(29-16)14-33-13-7-11-18(24(33)36)30-23(35)17(31-25(37)38)9-4-5-12-19(28)34/h5-8,10-13,17,22,31H,4,9,14H2,1-3H3,(H2,28,34)(H,29,32)(H,30,35)(H,37,38)/b12-5+. The number of imidazole rings is 1. The van der Waals surface area contributed by atoms with E-state index < -0.39 is 41.1 Å². The summed E-state index contributed by atoms with van der Waals surface area (Å²) in [5.41, 5.74) is 5.37. The Labute approximate surface area is 217 Å². The highest BCUT2D eigenvalue weighted by molar-refractivity contribution is 5.96. The molecule has 0 spiro atoms. The number of carbonyl (C=O) groups is 3. The van der Waals surface area contributed by atoms with Crippen molar-refractivity contribution >= 4 is 34.6 Å². The van der Waals surface area contributed by atoms with Crippen LogP contribution in [0.4, 0.5) is 14.9 Å². The van der Waals surface area contributed by atoms with Crippen LogP contribution in [0.5, 0.6) is 0 Å². The van der Waals surface area contributed by atoms with Crippen LogP contribution in [0, 0.1) is 5.41 Å². The summed E-state index contributed by atoms with van der Waals surface area (Å²) in [5.74, 6) is -0.980. The van der Waals surface area contributed by atoms with Crippen LogP contribution in [0.3, 0.4) is 0 Å². The molecule has 0 bridgehead atoms. The predicted molar refractivity (Wildman–Crippen MR) is 140 cm³/mol. The van der Waals surface area contributed by atoms with Gasteiger partial charge in [0.1, 0.15) is 23.7 Å². The number of benzene rings is 1. The molecular weight excluding hydrogens is 495 g/mol. The van der Waals surface area contributed by atoms with E-state index in [9.17, 15) is 19.2 Å². The van der Waals surface area contributed by atoms with Crippen LogP contribution in [-0.4, -0.2) is 43.6 Å². The number of rotatable bonds is 10. The van der Waals surface area contributed by atoms with Gasteiger partial charge in [-0.25, -0.2) is 14.2 Å². The van der Waals surface area contributed by atoms with Crippen molar-refractivity contribution in [3.05, 3.63) is 70.4 Å². The van der Waals surface area contributed by atoms with Crippen molar-refractivity contribution in [2.45, 2.75) is 52.4 Å². The lowest BCUT2D eigenvalue weighted by atomic mass is 9.85. The fraction of sp³-hybridized carbons (Fsp3) is 0.346. The number of allylic oxidation sites excluding steroid dienone is 1. The van der Waals surface area contributed by atoms with Crippen LogP contribution in [0.2, 0.25) is 0 Å². The Morgan fingerprint density at radius 2 is 1.97 bits per heavy atom. The molecule has 3 aromatic rings. The highest BCUT2D eigenvalue weighted by Crippen LogP contribution is 2.38. The zero-order valence-electron chi connectivity index (χ0n) is 21.3. The predicted octanol–water partition coefficient (Wildman–Crippen LogP) is 3.23. The van der Waals surface area contributed by atoms with Crippen molar-refractivity contribution in [1.29, 1.82) is 0 Å². The van der Waals surface area contributed by atoms with Gasteiger partial charge in [0.05, 0.1) is 17.6 Å². The topological polar surface area (TPSA) is 172 Å². The fourth-order valence-corrected chi connectivity index (χ4v) is 3.87. The largest absolute Gasteiger partial charge is 0.465 e. The number of alkyl halides is 1. The lowest BCUT2D eigenvalue weighted by Crippen LogP contribution is -2.44. The molecule has 0 saturated heterocycles. The number of nitrogens with one attached hydrogen (secondary N) is 3. The summed E-state index contributed by atoms with van der Waals surface area (Å²) in [5, 5.41) is 13.6. The van der Waals surface area contributed by atoms with E-state index in [1.807, 2.05) is 0 Å². The number of amides is 3. The molecule has 202 valence electrons. The van der Waals surface area contributed by atoms with Gasteiger partial charge in [0.2, 0.25) is 11.8 Å². The first-order valence-electron chi connectivity index (χ1n) is 11.9. The number of aromatic nitrogens is 3. The molecule has 3 rings (SSSR count). The van der Waals surface area contributed by atoms with Crippen molar-refractivity contribution < 1.29 is 23.9 Å². The number of fused-ring (bicyclic) bond motifs is 1. The molecule has 11 nitrogen and oxygen atoms in total. The number of carbonyl (C=O) groups excluding carboxylic acids is 2. The molecule has 2 atom stereocenters. The van der Waals surface area contributed by atoms with Crippen LogP contribution in [0.15, 0.2) is 53.5 Å². The van der Waals surface area contributed by atoms with Gasteiger partial charge in [0.15, 0.2) is 0 Å². The van der Waals surface area contributed by atoms with Gasteiger partial charge in [-0.3, -0.25) is 14.4 Å². The van der Waals surface area contributed by atoms with Crippen LogP contribution >= 0.6 is 0 Å². The van der Waals surface area contributed by atoms with Crippen LogP contribution in [0.1, 0.15) is 51.2 Å². The van der Waals surface area contributed by atoms with Crippen LogP contribution in [0.25, 0.3) is 11.0 Å². The molecule has 2 aromatic heterocycles. The highest BCUT2D eigenvalue weighted by Gasteiger charge is 2.28. The van der Waals surface area contributed by atoms with Crippen molar-refractivity contribution in [2.75, 3.05) is 5.32 Å². The van der Waals surface area contributed by atoms with Crippen LogP contribution < -0.4 is 21.9 Å². The number of primary amides is 1. The van der Waals surface area contributed by atoms with Gasteiger partial charge in [-0.05, 0) is 42.5 Å².